The molecule has 16 heavy (non-hydrogen) atoms. The number of rotatable bonds is 6. The van der Waals surface area contributed by atoms with E-state index in [0.717, 1.165) is 12.2 Å². The Morgan fingerprint density at radius 3 is 2.75 bits per heavy atom. The zero-order valence-electron chi connectivity index (χ0n) is 10.6. The highest BCUT2D eigenvalue weighted by Crippen LogP contribution is 2.29. The number of thioether (sulfide) groups is 1. The van der Waals surface area contributed by atoms with Crippen LogP contribution in [0.5, 0.6) is 0 Å². The van der Waals surface area contributed by atoms with Gasteiger partial charge in [0.2, 0.25) is 0 Å². The van der Waals surface area contributed by atoms with Crippen molar-refractivity contribution in [3.8, 4) is 0 Å². The molecule has 0 aromatic carbocycles. The van der Waals surface area contributed by atoms with E-state index in [2.05, 4.69) is 33.1 Å². The van der Waals surface area contributed by atoms with Crippen molar-refractivity contribution in [3.63, 3.8) is 0 Å². The van der Waals surface area contributed by atoms with Crippen molar-refractivity contribution in [1.82, 2.24) is 4.98 Å². The third-order valence-corrected chi connectivity index (χ3v) is 5.08. The summed E-state index contributed by atoms with van der Waals surface area (Å²) in [7, 11) is 0. The summed E-state index contributed by atoms with van der Waals surface area (Å²) in [5, 5.41) is 4.06. The quantitative estimate of drug-likeness (QED) is 0.850. The van der Waals surface area contributed by atoms with Crippen LogP contribution in [0.15, 0.2) is 5.38 Å². The first kappa shape index (κ1) is 14.0. The Morgan fingerprint density at radius 1 is 1.56 bits per heavy atom. The fraction of sp³-hybridized carbons (Fsp3) is 0.750. The van der Waals surface area contributed by atoms with E-state index in [1.165, 1.54) is 10.7 Å². The van der Waals surface area contributed by atoms with Crippen molar-refractivity contribution in [2.24, 2.45) is 5.73 Å². The highest BCUT2D eigenvalue weighted by molar-refractivity contribution is 7.99. The van der Waals surface area contributed by atoms with Crippen LogP contribution < -0.4 is 5.73 Å². The Kier molecular flexibility index (Phi) is 5.28. The van der Waals surface area contributed by atoms with E-state index < -0.39 is 0 Å². The number of nitrogens with two attached hydrogens (primary N) is 1. The standard InChI is InChI=1S/C12H22N2S2/c1-5-12(4,8-13)10-6-16-11(14-10)7-15-9(2)3/h6,9H,5,7-8,13H2,1-4H3. The second-order valence-corrected chi connectivity index (χ2v) is 7.11. The summed E-state index contributed by atoms with van der Waals surface area (Å²) in [6.07, 6.45) is 1.05. The van der Waals surface area contributed by atoms with Crippen LogP contribution in [-0.2, 0) is 11.2 Å². The third-order valence-electron chi connectivity index (χ3n) is 2.94. The van der Waals surface area contributed by atoms with Crippen molar-refractivity contribution in [2.45, 2.75) is 50.5 Å². The maximum absolute atomic E-state index is 5.84. The van der Waals surface area contributed by atoms with Crippen LogP contribution in [0.4, 0.5) is 0 Å². The molecule has 0 fully saturated rings. The molecule has 0 radical (unpaired) electrons. The maximum Gasteiger partial charge on any atom is 0.103 e. The van der Waals surface area contributed by atoms with E-state index in [1.54, 1.807) is 11.3 Å². The van der Waals surface area contributed by atoms with Gasteiger partial charge in [-0.25, -0.2) is 4.98 Å². The summed E-state index contributed by atoms with van der Waals surface area (Å²) in [6.45, 7) is 9.48. The van der Waals surface area contributed by atoms with E-state index in [9.17, 15) is 0 Å². The van der Waals surface area contributed by atoms with Gasteiger partial charge in [-0.2, -0.15) is 11.8 Å². The molecule has 0 spiro atoms. The Hall–Kier alpha value is -0.0600. The minimum atomic E-state index is 0.0528. The monoisotopic (exact) mass is 258 g/mol. The molecule has 0 saturated heterocycles. The molecule has 0 bridgehead atoms. The molecule has 0 saturated carbocycles. The third kappa shape index (κ3) is 3.47. The van der Waals surface area contributed by atoms with Gasteiger partial charge >= 0.3 is 0 Å². The highest BCUT2D eigenvalue weighted by Gasteiger charge is 2.25. The molecule has 1 aromatic heterocycles. The lowest BCUT2D eigenvalue weighted by Crippen LogP contribution is -2.31. The van der Waals surface area contributed by atoms with Crippen LogP contribution in [-0.4, -0.2) is 16.8 Å². The first-order chi connectivity index (χ1) is 7.51. The Morgan fingerprint density at radius 2 is 2.25 bits per heavy atom. The smallest absolute Gasteiger partial charge is 0.103 e. The SMILES string of the molecule is CCC(C)(CN)c1csc(CSC(C)C)n1. The van der Waals surface area contributed by atoms with Gasteiger partial charge in [0, 0.05) is 23.1 Å². The van der Waals surface area contributed by atoms with E-state index in [4.69, 9.17) is 10.7 Å². The summed E-state index contributed by atoms with van der Waals surface area (Å²) in [5.74, 6) is 1.02. The average molecular weight is 258 g/mol. The summed E-state index contributed by atoms with van der Waals surface area (Å²) < 4.78 is 0. The molecule has 4 heteroatoms. The molecular formula is C12H22N2S2. The summed E-state index contributed by atoms with van der Waals surface area (Å²) >= 11 is 3.70. The highest BCUT2D eigenvalue weighted by atomic mass is 32.2. The molecule has 0 aliphatic heterocycles. The van der Waals surface area contributed by atoms with Crippen LogP contribution in [0, 0.1) is 0 Å². The van der Waals surface area contributed by atoms with Gasteiger partial charge in [0.05, 0.1) is 5.69 Å². The van der Waals surface area contributed by atoms with Gasteiger partial charge in [0.25, 0.3) is 0 Å². The zero-order chi connectivity index (χ0) is 12.2. The summed E-state index contributed by atoms with van der Waals surface area (Å²) in [4.78, 5) is 4.71. The van der Waals surface area contributed by atoms with E-state index in [1.807, 2.05) is 11.8 Å². The molecule has 0 aliphatic carbocycles. The average Bonchev–Trinajstić information content (AvgIpc) is 2.74. The van der Waals surface area contributed by atoms with Crippen molar-refractivity contribution in [1.29, 1.82) is 0 Å². The minimum absolute atomic E-state index is 0.0528. The van der Waals surface area contributed by atoms with Crippen LogP contribution >= 0.6 is 23.1 Å². The first-order valence-electron chi connectivity index (χ1n) is 5.78. The number of hydrogen-bond acceptors (Lipinski definition) is 4. The Balaban J connectivity index is 2.70. The Bertz CT molecular complexity index is 317. The largest absolute Gasteiger partial charge is 0.330 e. The zero-order valence-corrected chi connectivity index (χ0v) is 12.3. The van der Waals surface area contributed by atoms with E-state index >= 15 is 0 Å². The number of nitrogens with zero attached hydrogens (tertiary/aromatic N) is 1. The maximum atomic E-state index is 5.84. The van der Waals surface area contributed by atoms with Gasteiger partial charge in [-0.15, -0.1) is 11.3 Å². The van der Waals surface area contributed by atoms with Crippen molar-refractivity contribution in [3.05, 3.63) is 16.1 Å². The predicted octanol–water partition coefficient (Wildman–Crippen LogP) is 3.41. The van der Waals surface area contributed by atoms with Crippen LogP contribution in [0.3, 0.4) is 0 Å². The van der Waals surface area contributed by atoms with E-state index in [-0.39, 0.29) is 5.41 Å². The lowest BCUT2D eigenvalue weighted by molar-refractivity contribution is 0.455. The molecular weight excluding hydrogens is 236 g/mol. The molecule has 0 aliphatic rings. The lowest BCUT2D eigenvalue weighted by atomic mass is 9.85. The van der Waals surface area contributed by atoms with Crippen LogP contribution in [0.2, 0.25) is 0 Å². The van der Waals surface area contributed by atoms with Crippen molar-refractivity contribution in [2.75, 3.05) is 6.54 Å². The lowest BCUT2D eigenvalue weighted by Gasteiger charge is -2.23. The number of aromatic nitrogens is 1. The molecule has 1 unspecified atom stereocenters. The van der Waals surface area contributed by atoms with Crippen molar-refractivity contribution < 1.29 is 0 Å². The predicted molar refractivity (Wildman–Crippen MR) is 75.2 cm³/mol. The first-order valence-corrected chi connectivity index (χ1v) is 7.71. The van der Waals surface area contributed by atoms with Gasteiger partial charge in [-0.1, -0.05) is 27.7 Å². The second-order valence-electron chi connectivity index (χ2n) is 4.60. The fourth-order valence-electron chi connectivity index (χ4n) is 1.32. The molecule has 1 aromatic rings. The topological polar surface area (TPSA) is 38.9 Å². The Labute approximate surface area is 107 Å². The molecule has 92 valence electrons. The van der Waals surface area contributed by atoms with Crippen LogP contribution in [0.1, 0.15) is 44.8 Å². The molecule has 1 heterocycles. The molecule has 2 nitrogen and oxygen atoms in total. The van der Waals surface area contributed by atoms with Crippen LogP contribution in [0.25, 0.3) is 0 Å². The number of thiazole rings is 1. The van der Waals surface area contributed by atoms with Gasteiger partial charge in [0.1, 0.15) is 5.01 Å². The van der Waals surface area contributed by atoms with E-state index in [0.29, 0.717) is 11.8 Å². The summed E-state index contributed by atoms with van der Waals surface area (Å²) in [6, 6.07) is 0. The molecule has 1 atom stereocenters. The van der Waals surface area contributed by atoms with Gasteiger partial charge in [-0.05, 0) is 11.7 Å². The fourth-order valence-corrected chi connectivity index (χ4v) is 3.08. The minimum Gasteiger partial charge on any atom is -0.330 e. The van der Waals surface area contributed by atoms with Gasteiger partial charge in [-0.3, -0.25) is 0 Å². The molecule has 1 rings (SSSR count). The molecule has 2 N–H and O–H groups in total. The number of hydrogen-bond donors (Lipinski definition) is 1. The summed E-state index contributed by atoms with van der Waals surface area (Å²) in [5.41, 5.74) is 7.06. The molecule has 0 amide bonds. The van der Waals surface area contributed by atoms with Gasteiger partial charge in [0.15, 0.2) is 0 Å². The van der Waals surface area contributed by atoms with Gasteiger partial charge < -0.3 is 5.73 Å². The second kappa shape index (κ2) is 6.03. The normalized spacial score (nSPS) is 15.4. The van der Waals surface area contributed by atoms with Crippen molar-refractivity contribution >= 4 is 23.1 Å².